The Morgan fingerprint density at radius 1 is 1.35 bits per heavy atom. The highest BCUT2D eigenvalue weighted by Crippen LogP contribution is 2.20. The lowest BCUT2D eigenvalue weighted by atomic mass is 10.1. The lowest BCUT2D eigenvalue weighted by Crippen LogP contribution is -2.24. The van der Waals surface area contributed by atoms with E-state index in [1.54, 1.807) is 31.5 Å². The molecule has 0 radical (unpaired) electrons. The zero-order valence-electron chi connectivity index (χ0n) is 11.4. The molecule has 20 heavy (non-hydrogen) atoms. The molecule has 0 aliphatic heterocycles. The Morgan fingerprint density at radius 2 is 2.15 bits per heavy atom. The van der Waals surface area contributed by atoms with E-state index >= 15 is 0 Å². The molecule has 3 N–H and O–H groups in total. The van der Waals surface area contributed by atoms with Crippen molar-refractivity contribution >= 4 is 11.6 Å². The van der Waals surface area contributed by atoms with E-state index in [2.05, 4.69) is 15.3 Å². The van der Waals surface area contributed by atoms with Crippen LogP contribution in [0.4, 0.5) is 5.69 Å². The van der Waals surface area contributed by atoms with Crippen LogP contribution in [0.3, 0.4) is 0 Å². The second-order valence-corrected chi connectivity index (χ2v) is 4.30. The summed E-state index contributed by atoms with van der Waals surface area (Å²) in [6.07, 6.45) is 3.00. The van der Waals surface area contributed by atoms with Gasteiger partial charge in [-0.1, -0.05) is 0 Å². The molecule has 6 nitrogen and oxygen atoms in total. The second kappa shape index (κ2) is 6.01. The summed E-state index contributed by atoms with van der Waals surface area (Å²) in [6.45, 7) is 2.12. The fraction of sp³-hybridized carbons (Fsp3) is 0.214. The monoisotopic (exact) mass is 272 g/mol. The first-order chi connectivity index (χ1) is 9.60. The summed E-state index contributed by atoms with van der Waals surface area (Å²) < 4.78 is 5.22. The molecule has 1 amide bonds. The normalized spacial score (nSPS) is 10.1. The minimum atomic E-state index is -0.290. The van der Waals surface area contributed by atoms with E-state index in [4.69, 9.17) is 10.5 Å². The van der Waals surface area contributed by atoms with E-state index in [1.807, 2.05) is 6.92 Å². The second-order valence-electron chi connectivity index (χ2n) is 4.30. The highest BCUT2D eigenvalue weighted by molar-refractivity contribution is 5.91. The molecule has 1 aromatic carbocycles. The molecule has 6 heteroatoms. The molecule has 2 aromatic rings. The Kier molecular flexibility index (Phi) is 4.14. The van der Waals surface area contributed by atoms with Crippen molar-refractivity contribution in [2.45, 2.75) is 13.5 Å². The third-order valence-corrected chi connectivity index (χ3v) is 2.76. The van der Waals surface area contributed by atoms with Crippen molar-refractivity contribution in [3.05, 3.63) is 47.5 Å². The van der Waals surface area contributed by atoms with Gasteiger partial charge in [-0.25, -0.2) is 4.98 Å². The summed E-state index contributed by atoms with van der Waals surface area (Å²) in [7, 11) is 1.57. The number of rotatable bonds is 4. The fourth-order valence-electron chi connectivity index (χ4n) is 1.71. The molecule has 1 heterocycles. The predicted molar refractivity (Wildman–Crippen MR) is 75.3 cm³/mol. The third-order valence-electron chi connectivity index (χ3n) is 2.76. The van der Waals surface area contributed by atoms with E-state index < -0.39 is 0 Å². The Hall–Kier alpha value is -2.63. The number of hydrogen-bond acceptors (Lipinski definition) is 5. The number of benzene rings is 1. The summed E-state index contributed by atoms with van der Waals surface area (Å²) in [6, 6.07) is 5.28. The number of amides is 1. The molecule has 0 atom stereocenters. The van der Waals surface area contributed by atoms with Gasteiger partial charge in [0.1, 0.15) is 11.4 Å². The minimum Gasteiger partial charge on any atom is -0.496 e. The number of carbonyl (C=O) groups excluding carboxylic acids is 1. The number of ether oxygens (including phenoxy) is 1. The maximum Gasteiger partial charge on any atom is 0.271 e. The number of methoxy groups -OCH3 is 1. The van der Waals surface area contributed by atoms with E-state index in [-0.39, 0.29) is 11.6 Å². The first-order valence-corrected chi connectivity index (χ1v) is 6.09. The molecular weight excluding hydrogens is 256 g/mol. The maximum atomic E-state index is 11.9. The van der Waals surface area contributed by atoms with Gasteiger partial charge in [-0.3, -0.25) is 9.78 Å². The molecule has 0 bridgehead atoms. The number of nitrogens with zero attached hydrogens (tertiary/aromatic N) is 2. The molecule has 0 aliphatic carbocycles. The van der Waals surface area contributed by atoms with Crippen LogP contribution in [0.5, 0.6) is 5.75 Å². The molecule has 0 saturated heterocycles. The molecule has 0 fully saturated rings. The number of aromatic nitrogens is 2. The number of anilines is 1. The zero-order valence-corrected chi connectivity index (χ0v) is 11.4. The van der Waals surface area contributed by atoms with Crippen LogP contribution < -0.4 is 15.8 Å². The van der Waals surface area contributed by atoms with Crippen molar-refractivity contribution in [3.63, 3.8) is 0 Å². The highest BCUT2D eigenvalue weighted by Gasteiger charge is 2.09. The van der Waals surface area contributed by atoms with Gasteiger partial charge < -0.3 is 15.8 Å². The van der Waals surface area contributed by atoms with Crippen molar-refractivity contribution < 1.29 is 9.53 Å². The Labute approximate surface area is 117 Å². The van der Waals surface area contributed by atoms with Gasteiger partial charge in [-0.05, 0) is 25.1 Å². The standard InChI is InChI=1S/C14H16N4O2/c1-9-6-17-12(8-16-9)14(19)18-7-10-5-11(15)3-4-13(10)20-2/h3-6,8H,7,15H2,1-2H3,(H,18,19). The number of nitrogen functional groups attached to an aromatic ring is 1. The van der Waals surface area contributed by atoms with Crippen molar-refractivity contribution in [2.75, 3.05) is 12.8 Å². The van der Waals surface area contributed by atoms with E-state index in [1.165, 1.54) is 6.20 Å². The van der Waals surface area contributed by atoms with E-state index in [9.17, 15) is 4.79 Å². The molecule has 0 unspecified atom stereocenters. The molecule has 0 spiro atoms. The van der Waals surface area contributed by atoms with Gasteiger partial charge in [0.05, 0.1) is 19.0 Å². The van der Waals surface area contributed by atoms with Crippen molar-refractivity contribution in [1.82, 2.24) is 15.3 Å². The number of nitrogens with one attached hydrogen (secondary N) is 1. The topological polar surface area (TPSA) is 90.1 Å². The van der Waals surface area contributed by atoms with Crippen LogP contribution in [0.1, 0.15) is 21.7 Å². The molecule has 1 aromatic heterocycles. The number of nitrogens with two attached hydrogens (primary N) is 1. The Bertz CT molecular complexity index is 611. The van der Waals surface area contributed by atoms with Crippen LogP contribution in [-0.4, -0.2) is 23.0 Å². The summed E-state index contributed by atoms with van der Waals surface area (Å²) >= 11 is 0. The van der Waals surface area contributed by atoms with Crippen LogP contribution in [0.2, 0.25) is 0 Å². The summed E-state index contributed by atoms with van der Waals surface area (Å²) in [5.41, 5.74) is 8.19. The predicted octanol–water partition coefficient (Wildman–Crippen LogP) is 1.31. The van der Waals surface area contributed by atoms with Gasteiger partial charge in [0, 0.05) is 24.0 Å². The number of carbonyl (C=O) groups is 1. The van der Waals surface area contributed by atoms with Gasteiger partial charge in [-0.15, -0.1) is 0 Å². The van der Waals surface area contributed by atoms with Gasteiger partial charge in [0.2, 0.25) is 0 Å². The smallest absolute Gasteiger partial charge is 0.271 e. The largest absolute Gasteiger partial charge is 0.496 e. The van der Waals surface area contributed by atoms with Crippen LogP contribution in [0.25, 0.3) is 0 Å². The molecule has 104 valence electrons. The van der Waals surface area contributed by atoms with Crippen LogP contribution in [0, 0.1) is 6.92 Å². The van der Waals surface area contributed by atoms with E-state index in [0.717, 1.165) is 11.3 Å². The van der Waals surface area contributed by atoms with Gasteiger partial charge in [0.25, 0.3) is 5.91 Å². The van der Waals surface area contributed by atoms with Gasteiger partial charge in [0.15, 0.2) is 0 Å². The maximum absolute atomic E-state index is 11.9. The highest BCUT2D eigenvalue weighted by atomic mass is 16.5. The summed E-state index contributed by atoms with van der Waals surface area (Å²) in [5, 5.41) is 2.76. The van der Waals surface area contributed by atoms with Crippen LogP contribution in [0.15, 0.2) is 30.6 Å². The molecular formula is C14H16N4O2. The first-order valence-electron chi connectivity index (χ1n) is 6.09. The average molecular weight is 272 g/mol. The quantitative estimate of drug-likeness (QED) is 0.819. The summed E-state index contributed by atoms with van der Waals surface area (Å²) in [4.78, 5) is 20.0. The fourth-order valence-corrected chi connectivity index (χ4v) is 1.71. The van der Waals surface area contributed by atoms with Crippen molar-refractivity contribution in [3.8, 4) is 5.75 Å². The third kappa shape index (κ3) is 3.23. The summed E-state index contributed by atoms with van der Waals surface area (Å²) in [5.74, 6) is 0.386. The lowest BCUT2D eigenvalue weighted by molar-refractivity contribution is 0.0945. The average Bonchev–Trinajstić information content (AvgIpc) is 2.45. The lowest BCUT2D eigenvalue weighted by Gasteiger charge is -2.10. The van der Waals surface area contributed by atoms with E-state index in [0.29, 0.717) is 18.0 Å². The number of hydrogen-bond donors (Lipinski definition) is 2. The molecule has 0 saturated carbocycles. The Balaban J connectivity index is 2.06. The first kappa shape index (κ1) is 13.8. The number of aryl methyl sites for hydroxylation is 1. The van der Waals surface area contributed by atoms with Crippen LogP contribution >= 0.6 is 0 Å². The van der Waals surface area contributed by atoms with Crippen LogP contribution in [-0.2, 0) is 6.54 Å². The van der Waals surface area contributed by atoms with Crippen molar-refractivity contribution in [1.29, 1.82) is 0 Å². The SMILES string of the molecule is COc1ccc(N)cc1CNC(=O)c1cnc(C)cn1. The molecule has 2 rings (SSSR count). The van der Waals surface area contributed by atoms with Gasteiger partial charge in [-0.2, -0.15) is 0 Å². The van der Waals surface area contributed by atoms with Gasteiger partial charge >= 0.3 is 0 Å². The van der Waals surface area contributed by atoms with Crippen molar-refractivity contribution in [2.24, 2.45) is 0 Å². The Morgan fingerprint density at radius 3 is 2.80 bits per heavy atom. The minimum absolute atomic E-state index is 0.276. The molecule has 0 aliphatic rings. The zero-order chi connectivity index (χ0) is 14.5.